The highest BCUT2D eigenvalue weighted by Crippen LogP contribution is 2.44. The van der Waals surface area contributed by atoms with Crippen molar-refractivity contribution in [2.24, 2.45) is 17.8 Å². The highest BCUT2D eigenvalue weighted by atomic mass is 19.1. The molecule has 3 aliphatic rings. The number of nitrogens with zero attached hydrogens (tertiary/aromatic N) is 1. The summed E-state index contributed by atoms with van der Waals surface area (Å²) in [6, 6.07) is 6.89. The molecule has 3 nitrogen and oxygen atoms in total. The van der Waals surface area contributed by atoms with Crippen LogP contribution < -0.4 is 5.32 Å². The molecular formula is C19H25FN2O. The second-order valence-electron chi connectivity index (χ2n) is 7.41. The number of hydrogen-bond acceptors (Lipinski definition) is 2. The average molecular weight is 316 g/mol. The normalized spacial score (nSPS) is 31.3. The molecule has 3 fully saturated rings. The van der Waals surface area contributed by atoms with Gasteiger partial charge in [-0.05, 0) is 36.5 Å². The van der Waals surface area contributed by atoms with E-state index in [2.05, 4.69) is 10.2 Å². The summed E-state index contributed by atoms with van der Waals surface area (Å²) < 4.78 is 13.7. The van der Waals surface area contributed by atoms with E-state index in [9.17, 15) is 9.18 Å². The molecule has 2 heterocycles. The molecular weight excluding hydrogens is 291 g/mol. The lowest BCUT2D eigenvalue weighted by molar-refractivity contribution is -0.138. The molecule has 1 aromatic rings. The van der Waals surface area contributed by atoms with Gasteiger partial charge in [-0.15, -0.1) is 0 Å². The Morgan fingerprint density at radius 1 is 1.17 bits per heavy atom. The van der Waals surface area contributed by atoms with E-state index in [4.69, 9.17) is 0 Å². The molecule has 2 aliphatic heterocycles. The fraction of sp³-hybridized carbons (Fsp3) is 0.632. The van der Waals surface area contributed by atoms with E-state index in [-0.39, 0.29) is 17.8 Å². The Morgan fingerprint density at radius 3 is 2.78 bits per heavy atom. The molecule has 1 aliphatic carbocycles. The van der Waals surface area contributed by atoms with Crippen LogP contribution in [0.15, 0.2) is 24.3 Å². The zero-order valence-electron chi connectivity index (χ0n) is 13.5. The Balaban J connectivity index is 1.62. The quantitative estimate of drug-likeness (QED) is 0.909. The third-order valence-corrected chi connectivity index (χ3v) is 5.99. The number of benzene rings is 1. The van der Waals surface area contributed by atoms with Crippen LogP contribution in [-0.2, 0) is 4.79 Å². The minimum absolute atomic E-state index is 0.0418. The number of carbonyl (C=O) groups excluding carboxylic acids is 1. The van der Waals surface area contributed by atoms with Crippen molar-refractivity contribution < 1.29 is 9.18 Å². The zero-order valence-corrected chi connectivity index (χ0v) is 13.5. The van der Waals surface area contributed by atoms with Crippen LogP contribution in [0.4, 0.5) is 4.39 Å². The van der Waals surface area contributed by atoms with Gasteiger partial charge in [0.15, 0.2) is 0 Å². The van der Waals surface area contributed by atoms with Crippen LogP contribution in [0.3, 0.4) is 0 Å². The van der Waals surface area contributed by atoms with Crippen molar-refractivity contribution in [3.05, 3.63) is 35.6 Å². The van der Waals surface area contributed by atoms with E-state index >= 15 is 0 Å². The van der Waals surface area contributed by atoms with Crippen LogP contribution in [0.1, 0.15) is 43.7 Å². The SMILES string of the molecule is O=C(C1CCCCC1)N1C[C@@H]2CNC[C@@H]2[C@@H]1c1cccc(F)c1. The van der Waals surface area contributed by atoms with Crippen molar-refractivity contribution in [2.45, 2.75) is 38.1 Å². The molecule has 3 atom stereocenters. The number of hydrogen-bond donors (Lipinski definition) is 1. The monoisotopic (exact) mass is 316 g/mol. The smallest absolute Gasteiger partial charge is 0.226 e. The molecule has 0 unspecified atom stereocenters. The van der Waals surface area contributed by atoms with Crippen molar-refractivity contribution in [3.63, 3.8) is 0 Å². The van der Waals surface area contributed by atoms with Gasteiger partial charge in [0.25, 0.3) is 0 Å². The van der Waals surface area contributed by atoms with Gasteiger partial charge in [0.05, 0.1) is 6.04 Å². The summed E-state index contributed by atoms with van der Waals surface area (Å²) in [4.78, 5) is 15.2. The lowest BCUT2D eigenvalue weighted by Gasteiger charge is -2.33. The summed E-state index contributed by atoms with van der Waals surface area (Å²) in [5, 5.41) is 3.45. The number of rotatable bonds is 2. The Bertz CT molecular complexity index is 584. The molecule has 23 heavy (non-hydrogen) atoms. The van der Waals surface area contributed by atoms with E-state index in [1.54, 1.807) is 12.1 Å². The minimum Gasteiger partial charge on any atom is -0.335 e. The van der Waals surface area contributed by atoms with Gasteiger partial charge in [-0.3, -0.25) is 4.79 Å². The minimum atomic E-state index is -0.207. The highest BCUT2D eigenvalue weighted by Gasteiger charge is 2.47. The van der Waals surface area contributed by atoms with Crippen LogP contribution in [0.5, 0.6) is 0 Å². The number of fused-ring (bicyclic) bond motifs is 1. The standard InChI is InChI=1S/C19H25FN2O/c20-16-8-4-7-14(9-16)18-17-11-21-10-15(17)12-22(18)19(23)13-5-2-1-3-6-13/h4,7-9,13,15,17-18,21H,1-3,5-6,10-12H2/t15-,17-,18-/m0/s1. The van der Waals surface area contributed by atoms with Crippen LogP contribution in [0.25, 0.3) is 0 Å². The Kier molecular flexibility index (Phi) is 4.10. The molecule has 1 saturated carbocycles. The maximum atomic E-state index is 13.7. The molecule has 4 rings (SSSR count). The maximum absolute atomic E-state index is 13.7. The maximum Gasteiger partial charge on any atom is 0.226 e. The van der Waals surface area contributed by atoms with Crippen molar-refractivity contribution >= 4 is 5.91 Å². The molecule has 4 heteroatoms. The molecule has 0 radical (unpaired) electrons. The van der Waals surface area contributed by atoms with Gasteiger partial charge in [0.2, 0.25) is 5.91 Å². The number of amides is 1. The second-order valence-corrected chi connectivity index (χ2v) is 7.41. The Labute approximate surface area is 137 Å². The topological polar surface area (TPSA) is 32.3 Å². The lowest BCUT2D eigenvalue weighted by atomic mass is 9.87. The van der Waals surface area contributed by atoms with Gasteiger partial charge in [0.1, 0.15) is 5.82 Å². The van der Waals surface area contributed by atoms with Gasteiger partial charge in [0, 0.05) is 31.5 Å². The summed E-state index contributed by atoms with van der Waals surface area (Å²) in [5.41, 5.74) is 0.963. The van der Waals surface area contributed by atoms with Crippen LogP contribution >= 0.6 is 0 Å². The number of nitrogens with one attached hydrogen (secondary N) is 1. The molecule has 1 aromatic carbocycles. The van der Waals surface area contributed by atoms with Crippen LogP contribution in [-0.4, -0.2) is 30.4 Å². The largest absolute Gasteiger partial charge is 0.335 e. The van der Waals surface area contributed by atoms with Crippen LogP contribution in [0.2, 0.25) is 0 Å². The first-order chi connectivity index (χ1) is 11.2. The second kappa shape index (κ2) is 6.23. The van der Waals surface area contributed by atoms with E-state index in [0.29, 0.717) is 17.7 Å². The molecule has 0 aromatic heterocycles. The molecule has 1 N–H and O–H groups in total. The van der Waals surface area contributed by atoms with Gasteiger partial charge in [-0.1, -0.05) is 31.4 Å². The van der Waals surface area contributed by atoms with Gasteiger partial charge in [-0.25, -0.2) is 4.39 Å². The van der Waals surface area contributed by atoms with Crippen LogP contribution in [0, 0.1) is 23.6 Å². The lowest BCUT2D eigenvalue weighted by Crippen LogP contribution is -2.39. The van der Waals surface area contributed by atoms with E-state index in [1.807, 2.05) is 6.07 Å². The first-order valence-electron chi connectivity index (χ1n) is 9.00. The highest BCUT2D eigenvalue weighted by molar-refractivity contribution is 5.80. The molecule has 1 amide bonds. The fourth-order valence-electron chi connectivity index (χ4n) is 4.85. The van der Waals surface area contributed by atoms with Crippen molar-refractivity contribution in [3.8, 4) is 0 Å². The predicted molar refractivity (Wildman–Crippen MR) is 87.3 cm³/mol. The number of likely N-dealkylation sites (tertiary alicyclic amines) is 1. The zero-order chi connectivity index (χ0) is 15.8. The molecule has 124 valence electrons. The van der Waals surface area contributed by atoms with E-state index < -0.39 is 0 Å². The van der Waals surface area contributed by atoms with E-state index in [0.717, 1.165) is 38.0 Å². The molecule has 0 spiro atoms. The average Bonchev–Trinajstić information content (AvgIpc) is 3.15. The van der Waals surface area contributed by atoms with Crippen molar-refractivity contribution in [1.29, 1.82) is 0 Å². The van der Waals surface area contributed by atoms with Crippen molar-refractivity contribution in [1.82, 2.24) is 10.2 Å². The summed E-state index contributed by atoms with van der Waals surface area (Å²) in [5.74, 6) is 1.22. The number of halogens is 1. The first kappa shape index (κ1) is 15.1. The van der Waals surface area contributed by atoms with Gasteiger partial charge < -0.3 is 10.2 Å². The van der Waals surface area contributed by atoms with Crippen molar-refractivity contribution in [2.75, 3.05) is 19.6 Å². The predicted octanol–water partition coefficient (Wildman–Crippen LogP) is 3.12. The summed E-state index contributed by atoms with van der Waals surface area (Å²) in [6.07, 6.45) is 5.65. The third-order valence-electron chi connectivity index (χ3n) is 5.99. The molecule has 2 saturated heterocycles. The first-order valence-corrected chi connectivity index (χ1v) is 9.00. The third kappa shape index (κ3) is 2.78. The Hall–Kier alpha value is -1.42. The fourth-order valence-corrected chi connectivity index (χ4v) is 4.85. The number of carbonyl (C=O) groups is 1. The van der Waals surface area contributed by atoms with Gasteiger partial charge in [-0.2, -0.15) is 0 Å². The van der Waals surface area contributed by atoms with E-state index in [1.165, 1.54) is 25.3 Å². The summed E-state index contributed by atoms with van der Waals surface area (Å²) in [7, 11) is 0. The Morgan fingerprint density at radius 2 is 2.00 bits per heavy atom. The van der Waals surface area contributed by atoms with Gasteiger partial charge >= 0.3 is 0 Å². The molecule has 0 bridgehead atoms. The summed E-state index contributed by atoms with van der Waals surface area (Å²) >= 11 is 0. The summed E-state index contributed by atoms with van der Waals surface area (Å²) in [6.45, 7) is 2.74.